The average molecular weight is 451 g/mol. The van der Waals surface area contributed by atoms with E-state index in [0.717, 1.165) is 6.54 Å². The van der Waals surface area contributed by atoms with Crippen LogP contribution in [0.15, 0.2) is 30.5 Å². The second-order valence-electron chi connectivity index (χ2n) is 7.73. The molecule has 1 fully saturated rings. The normalized spacial score (nSPS) is 14.9. The van der Waals surface area contributed by atoms with Gasteiger partial charge in [0.25, 0.3) is 0 Å². The predicted octanol–water partition coefficient (Wildman–Crippen LogP) is 3.18. The summed E-state index contributed by atoms with van der Waals surface area (Å²) in [5, 5.41) is 2.00. The number of pyridine rings is 1. The van der Waals surface area contributed by atoms with Crippen molar-refractivity contribution in [3.8, 4) is 17.0 Å². The number of methoxy groups -OCH3 is 1. The summed E-state index contributed by atoms with van der Waals surface area (Å²) in [6.07, 6.45) is 1.51. The lowest BCUT2D eigenvalue weighted by molar-refractivity contribution is 0.194. The third kappa shape index (κ3) is 5.13. The van der Waals surface area contributed by atoms with Crippen LogP contribution >= 0.6 is 0 Å². The number of sulfonamides is 1. The fraction of sp³-hybridized carbons (Fsp3) is 0.429. The van der Waals surface area contributed by atoms with E-state index in [-0.39, 0.29) is 5.92 Å². The molecule has 10 heteroatoms. The third-order valence-electron chi connectivity index (χ3n) is 5.29. The predicted molar refractivity (Wildman–Crippen MR) is 117 cm³/mol. The minimum atomic E-state index is -3.82. The Balaban J connectivity index is 1.93. The van der Waals surface area contributed by atoms with Gasteiger partial charge in [-0.2, -0.15) is 0 Å². The molecule has 31 heavy (non-hydrogen) atoms. The van der Waals surface area contributed by atoms with E-state index >= 15 is 0 Å². The Labute approximate surface area is 181 Å². The Morgan fingerprint density at radius 3 is 2.65 bits per heavy atom. The van der Waals surface area contributed by atoms with Gasteiger partial charge in [-0.3, -0.25) is 0 Å². The summed E-state index contributed by atoms with van der Waals surface area (Å²) in [4.78, 5) is 18.7. The van der Waals surface area contributed by atoms with Crippen molar-refractivity contribution < 1.29 is 22.3 Å². The molecule has 3 rings (SSSR count). The smallest absolute Gasteiger partial charge is 0.332 e. The molecule has 0 bridgehead atoms. The Bertz CT molecular complexity index is 1070. The van der Waals surface area contributed by atoms with Crippen LogP contribution in [-0.4, -0.2) is 56.3 Å². The lowest BCUT2D eigenvalue weighted by atomic mass is 9.94. The Kier molecular flexibility index (Phi) is 6.80. The quantitative estimate of drug-likeness (QED) is 0.672. The number of ether oxygens (including phenoxy) is 1. The number of anilines is 1. The van der Waals surface area contributed by atoms with E-state index in [9.17, 15) is 17.6 Å². The standard InChI is InChI=1S/C21H27FN4O4S/c1-5-26-11-16(12-26)31(28,29)25-21(27)24-20-17(13(2)3)9-15(22)10-18(20)14-6-7-23-19(8-14)30-4/h6-10,13,16H,5,11-12H2,1-4H3,(H2,24,25,27). The van der Waals surface area contributed by atoms with Gasteiger partial charge in [0, 0.05) is 30.9 Å². The maximum atomic E-state index is 14.4. The van der Waals surface area contributed by atoms with Crippen molar-refractivity contribution in [3.05, 3.63) is 41.8 Å². The van der Waals surface area contributed by atoms with Crippen molar-refractivity contribution in [2.45, 2.75) is 31.9 Å². The van der Waals surface area contributed by atoms with Crippen LogP contribution < -0.4 is 14.8 Å². The van der Waals surface area contributed by atoms with Gasteiger partial charge < -0.3 is 15.0 Å². The fourth-order valence-electron chi connectivity index (χ4n) is 3.47. The molecule has 1 aliphatic heterocycles. The zero-order valence-corrected chi connectivity index (χ0v) is 18.8. The molecular weight excluding hydrogens is 423 g/mol. The Morgan fingerprint density at radius 1 is 1.32 bits per heavy atom. The molecule has 0 unspecified atom stereocenters. The molecule has 0 atom stereocenters. The van der Waals surface area contributed by atoms with Gasteiger partial charge in [0.2, 0.25) is 15.9 Å². The van der Waals surface area contributed by atoms with Gasteiger partial charge in [0.05, 0.1) is 12.8 Å². The summed E-state index contributed by atoms with van der Waals surface area (Å²) in [5.74, 6) is -0.270. The highest BCUT2D eigenvalue weighted by molar-refractivity contribution is 7.90. The minimum Gasteiger partial charge on any atom is -0.481 e. The first-order valence-corrected chi connectivity index (χ1v) is 11.6. The third-order valence-corrected chi connectivity index (χ3v) is 6.94. The number of halogens is 1. The molecule has 1 aromatic carbocycles. The molecule has 0 radical (unpaired) electrons. The number of hydrogen-bond acceptors (Lipinski definition) is 6. The summed E-state index contributed by atoms with van der Waals surface area (Å²) in [6.45, 7) is 7.19. The summed E-state index contributed by atoms with van der Waals surface area (Å²) >= 11 is 0. The summed E-state index contributed by atoms with van der Waals surface area (Å²) < 4.78 is 46.6. The lowest BCUT2D eigenvalue weighted by Gasteiger charge is -2.37. The number of nitrogens with one attached hydrogen (secondary N) is 2. The monoisotopic (exact) mass is 450 g/mol. The summed E-state index contributed by atoms with van der Waals surface area (Å²) in [5.41, 5.74) is 1.85. The van der Waals surface area contributed by atoms with Crippen LogP contribution in [-0.2, 0) is 10.0 Å². The zero-order chi connectivity index (χ0) is 22.8. The average Bonchev–Trinajstić information content (AvgIpc) is 2.67. The number of rotatable bonds is 7. The number of amides is 2. The SMILES string of the molecule is CCN1CC(S(=O)(=O)NC(=O)Nc2c(-c3ccnc(OC)c3)cc(F)cc2C(C)C)C1. The van der Waals surface area contributed by atoms with E-state index in [1.54, 1.807) is 12.1 Å². The van der Waals surface area contributed by atoms with E-state index in [1.165, 1.54) is 25.4 Å². The molecule has 2 aromatic rings. The molecule has 1 aliphatic rings. The highest BCUT2D eigenvalue weighted by Gasteiger charge is 2.37. The maximum absolute atomic E-state index is 14.4. The molecule has 0 spiro atoms. The number of hydrogen-bond donors (Lipinski definition) is 2. The van der Waals surface area contributed by atoms with Crippen molar-refractivity contribution in [3.63, 3.8) is 0 Å². The molecule has 0 aliphatic carbocycles. The number of carbonyl (C=O) groups excluding carboxylic acids is 1. The van der Waals surface area contributed by atoms with Crippen molar-refractivity contribution in [1.29, 1.82) is 0 Å². The molecular formula is C21H27FN4O4S. The molecule has 2 heterocycles. The van der Waals surface area contributed by atoms with Crippen molar-refractivity contribution >= 4 is 21.7 Å². The van der Waals surface area contributed by atoms with E-state index in [2.05, 4.69) is 15.0 Å². The van der Waals surface area contributed by atoms with E-state index in [1.807, 2.05) is 25.7 Å². The number of carbonyl (C=O) groups is 1. The largest absolute Gasteiger partial charge is 0.481 e. The van der Waals surface area contributed by atoms with Gasteiger partial charge in [0.15, 0.2) is 0 Å². The second kappa shape index (κ2) is 9.19. The molecule has 1 saturated heterocycles. The zero-order valence-electron chi connectivity index (χ0n) is 18.0. The van der Waals surface area contributed by atoms with Gasteiger partial charge in [-0.1, -0.05) is 20.8 Å². The number of urea groups is 1. The van der Waals surface area contributed by atoms with Crippen LogP contribution in [0.1, 0.15) is 32.3 Å². The highest BCUT2D eigenvalue weighted by atomic mass is 32.2. The number of likely N-dealkylation sites (tertiary alicyclic amines) is 1. The van der Waals surface area contributed by atoms with Gasteiger partial charge in [0.1, 0.15) is 11.1 Å². The van der Waals surface area contributed by atoms with Gasteiger partial charge in [-0.05, 0) is 41.8 Å². The van der Waals surface area contributed by atoms with Crippen molar-refractivity contribution in [2.24, 2.45) is 0 Å². The van der Waals surface area contributed by atoms with Gasteiger partial charge in [-0.25, -0.2) is 27.3 Å². The Morgan fingerprint density at radius 2 is 2.03 bits per heavy atom. The van der Waals surface area contributed by atoms with Gasteiger partial charge >= 0.3 is 6.03 Å². The van der Waals surface area contributed by atoms with Crippen molar-refractivity contribution in [1.82, 2.24) is 14.6 Å². The van der Waals surface area contributed by atoms with Crippen LogP contribution in [0.25, 0.3) is 11.1 Å². The van der Waals surface area contributed by atoms with Crippen LogP contribution in [0.3, 0.4) is 0 Å². The molecule has 1 aromatic heterocycles. The number of aromatic nitrogens is 1. The van der Waals surface area contributed by atoms with Crippen LogP contribution in [0.2, 0.25) is 0 Å². The lowest BCUT2D eigenvalue weighted by Crippen LogP contribution is -2.58. The Hall–Kier alpha value is -2.72. The minimum absolute atomic E-state index is 0.130. The van der Waals surface area contributed by atoms with E-state index in [4.69, 9.17) is 4.74 Å². The maximum Gasteiger partial charge on any atom is 0.332 e. The first-order valence-electron chi connectivity index (χ1n) is 10.0. The molecule has 8 nitrogen and oxygen atoms in total. The molecule has 168 valence electrons. The first kappa shape index (κ1) is 23.0. The van der Waals surface area contributed by atoms with E-state index < -0.39 is 27.1 Å². The van der Waals surface area contributed by atoms with Crippen LogP contribution in [0, 0.1) is 5.82 Å². The second-order valence-corrected chi connectivity index (χ2v) is 9.70. The molecule has 0 saturated carbocycles. The first-order chi connectivity index (χ1) is 14.6. The molecule has 2 amide bonds. The topological polar surface area (TPSA) is 101 Å². The van der Waals surface area contributed by atoms with Crippen molar-refractivity contribution in [2.75, 3.05) is 32.1 Å². The van der Waals surface area contributed by atoms with Gasteiger partial charge in [-0.15, -0.1) is 0 Å². The fourth-order valence-corrected chi connectivity index (χ4v) is 4.76. The number of nitrogens with zero attached hydrogens (tertiary/aromatic N) is 2. The summed E-state index contributed by atoms with van der Waals surface area (Å²) in [6, 6.07) is 5.02. The molecule has 2 N–H and O–H groups in total. The van der Waals surface area contributed by atoms with Crippen LogP contribution in [0.5, 0.6) is 5.88 Å². The van der Waals surface area contributed by atoms with E-state index in [0.29, 0.717) is 41.3 Å². The van der Waals surface area contributed by atoms with Crippen LogP contribution in [0.4, 0.5) is 14.9 Å². The summed E-state index contributed by atoms with van der Waals surface area (Å²) in [7, 11) is -2.36. The highest BCUT2D eigenvalue weighted by Crippen LogP contribution is 2.36. The number of benzene rings is 1.